The first-order valence-corrected chi connectivity index (χ1v) is 5.98. The van der Waals surface area contributed by atoms with Crippen molar-refractivity contribution in [1.82, 2.24) is 0 Å². The molecule has 0 aromatic rings. The molecular formula is C12H25NO2. The van der Waals surface area contributed by atoms with Crippen LogP contribution in [0.2, 0.25) is 0 Å². The second-order valence-electron chi connectivity index (χ2n) is 5.37. The summed E-state index contributed by atoms with van der Waals surface area (Å²) in [5.41, 5.74) is 5.77. The maximum Gasteiger partial charge on any atom is 0.0707 e. The summed E-state index contributed by atoms with van der Waals surface area (Å²) in [7, 11) is 0. The van der Waals surface area contributed by atoms with E-state index < -0.39 is 0 Å². The maximum absolute atomic E-state index is 5.83. The van der Waals surface area contributed by atoms with Crippen molar-refractivity contribution in [3.8, 4) is 0 Å². The molecule has 15 heavy (non-hydrogen) atoms. The summed E-state index contributed by atoms with van der Waals surface area (Å²) in [4.78, 5) is 0. The molecule has 0 heterocycles. The Bertz CT molecular complexity index is 169. The molecule has 0 spiro atoms. The highest BCUT2D eigenvalue weighted by Gasteiger charge is 2.18. The maximum atomic E-state index is 5.83. The van der Waals surface area contributed by atoms with E-state index in [1.165, 1.54) is 0 Å². The van der Waals surface area contributed by atoms with Gasteiger partial charge in [-0.25, -0.2) is 0 Å². The summed E-state index contributed by atoms with van der Waals surface area (Å²) in [6.07, 6.45) is 4.83. The van der Waals surface area contributed by atoms with E-state index in [9.17, 15) is 0 Å². The fraction of sp³-hybridized carbons (Fsp3) is 1.00. The molecule has 1 aliphatic carbocycles. The lowest BCUT2D eigenvalue weighted by molar-refractivity contribution is -0.0583. The molecule has 0 unspecified atom stereocenters. The molecule has 0 atom stereocenters. The van der Waals surface area contributed by atoms with Crippen LogP contribution in [0.3, 0.4) is 0 Å². The van der Waals surface area contributed by atoms with Gasteiger partial charge in [-0.2, -0.15) is 0 Å². The quantitative estimate of drug-likeness (QED) is 0.730. The zero-order valence-electron chi connectivity index (χ0n) is 10.3. The smallest absolute Gasteiger partial charge is 0.0707 e. The van der Waals surface area contributed by atoms with Gasteiger partial charge in [0.1, 0.15) is 0 Å². The monoisotopic (exact) mass is 215 g/mol. The zero-order chi connectivity index (χ0) is 11.3. The van der Waals surface area contributed by atoms with Gasteiger partial charge in [0.2, 0.25) is 0 Å². The van der Waals surface area contributed by atoms with Gasteiger partial charge >= 0.3 is 0 Å². The highest BCUT2D eigenvalue weighted by molar-refractivity contribution is 4.74. The van der Waals surface area contributed by atoms with Crippen LogP contribution in [0.4, 0.5) is 0 Å². The molecule has 1 rings (SSSR count). The van der Waals surface area contributed by atoms with E-state index in [4.69, 9.17) is 15.2 Å². The molecule has 1 saturated carbocycles. The van der Waals surface area contributed by atoms with Crippen LogP contribution in [0.25, 0.3) is 0 Å². The van der Waals surface area contributed by atoms with Crippen molar-refractivity contribution in [3.63, 3.8) is 0 Å². The van der Waals surface area contributed by atoms with E-state index in [-0.39, 0.29) is 5.60 Å². The van der Waals surface area contributed by atoms with Gasteiger partial charge in [0.25, 0.3) is 0 Å². The molecule has 2 N–H and O–H groups in total. The number of ether oxygens (including phenoxy) is 2. The molecule has 1 aliphatic rings. The Morgan fingerprint density at radius 1 is 1.07 bits per heavy atom. The minimum atomic E-state index is -0.0573. The molecule has 0 saturated heterocycles. The van der Waals surface area contributed by atoms with Crippen molar-refractivity contribution in [2.24, 2.45) is 5.73 Å². The highest BCUT2D eigenvalue weighted by Crippen LogP contribution is 2.19. The Balaban J connectivity index is 2.01. The minimum absolute atomic E-state index is 0.0573. The van der Waals surface area contributed by atoms with Gasteiger partial charge in [-0.1, -0.05) is 0 Å². The summed E-state index contributed by atoms with van der Waals surface area (Å²) in [6.45, 7) is 7.58. The van der Waals surface area contributed by atoms with E-state index in [0.717, 1.165) is 25.7 Å². The fourth-order valence-electron chi connectivity index (χ4n) is 1.82. The summed E-state index contributed by atoms with van der Waals surface area (Å²) in [5.74, 6) is 0. The summed E-state index contributed by atoms with van der Waals surface area (Å²) in [6, 6.07) is 0.399. The van der Waals surface area contributed by atoms with Gasteiger partial charge in [-0.15, -0.1) is 0 Å². The second-order valence-corrected chi connectivity index (χ2v) is 5.37. The van der Waals surface area contributed by atoms with Crippen LogP contribution in [-0.4, -0.2) is 31.0 Å². The largest absolute Gasteiger partial charge is 0.376 e. The lowest BCUT2D eigenvalue weighted by Crippen LogP contribution is -2.31. The van der Waals surface area contributed by atoms with Crippen LogP contribution < -0.4 is 5.73 Å². The van der Waals surface area contributed by atoms with Gasteiger partial charge in [0, 0.05) is 6.04 Å². The van der Waals surface area contributed by atoms with E-state index in [1.54, 1.807) is 0 Å². The van der Waals surface area contributed by atoms with Gasteiger partial charge in [0.15, 0.2) is 0 Å². The van der Waals surface area contributed by atoms with E-state index in [0.29, 0.717) is 25.4 Å². The Hall–Kier alpha value is -0.120. The van der Waals surface area contributed by atoms with Gasteiger partial charge in [-0.05, 0) is 46.5 Å². The molecule has 0 amide bonds. The Morgan fingerprint density at radius 2 is 1.67 bits per heavy atom. The van der Waals surface area contributed by atoms with E-state index in [1.807, 2.05) is 0 Å². The zero-order valence-corrected chi connectivity index (χ0v) is 10.3. The molecular weight excluding hydrogens is 190 g/mol. The molecule has 0 aromatic carbocycles. The lowest BCUT2D eigenvalue weighted by Gasteiger charge is -2.27. The number of hydrogen-bond acceptors (Lipinski definition) is 3. The van der Waals surface area contributed by atoms with E-state index >= 15 is 0 Å². The molecule has 1 fully saturated rings. The van der Waals surface area contributed by atoms with Gasteiger partial charge in [-0.3, -0.25) is 0 Å². The number of nitrogens with two attached hydrogens (primary N) is 1. The van der Waals surface area contributed by atoms with E-state index in [2.05, 4.69) is 20.8 Å². The van der Waals surface area contributed by atoms with Crippen LogP contribution in [0.1, 0.15) is 46.5 Å². The molecule has 0 bridgehead atoms. The van der Waals surface area contributed by atoms with Crippen LogP contribution in [0.15, 0.2) is 0 Å². The van der Waals surface area contributed by atoms with Crippen molar-refractivity contribution >= 4 is 0 Å². The van der Waals surface area contributed by atoms with Crippen LogP contribution in [0, 0.1) is 0 Å². The molecule has 3 nitrogen and oxygen atoms in total. The lowest BCUT2D eigenvalue weighted by atomic mass is 9.94. The predicted molar refractivity (Wildman–Crippen MR) is 61.9 cm³/mol. The van der Waals surface area contributed by atoms with Crippen molar-refractivity contribution in [2.75, 3.05) is 13.2 Å². The fourth-order valence-corrected chi connectivity index (χ4v) is 1.82. The van der Waals surface area contributed by atoms with Crippen LogP contribution in [0.5, 0.6) is 0 Å². The highest BCUT2D eigenvalue weighted by atomic mass is 16.5. The SMILES string of the molecule is CC(C)(C)OCCOC1CCC(N)CC1. The average Bonchev–Trinajstić information content (AvgIpc) is 2.14. The van der Waals surface area contributed by atoms with Gasteiger partial charge < -0.3 is 15.2 Å². The summed E-state index contributed by atoms with van der Waals surface area (Å²) >= 11 is 0. The third-order valence-electron chi connectivity index (χ3n) is 2.69. The standard InChI is InChI=1S/C12H25NO2/c1-12(2,3)15-9-8-14-11-6-4-10(13)5-7-11/h10-11H,4-9,13H2,1-3H3. The minimum Gasteiger partial charge on any atom is -0.376 e. The van der Waals surface area contributed by atoms with Crippen molar-refractivity contribution in [2.45, 2.75) is 64.2 Å². The van der Waals surface area contributed by atoms with Crippen molar-refractivity contribution in [1.29, 1.82) is 0 Å². The Labute approximate surface area is 93.3 Å². The summed E-state index contributed by atoms with van der Waals surface area (Å²) < 4.78 is 11.3. The molecule has 0 aromatic heterocycles. The molecule has 0 aliphatic heterocycles. The van der Waals surface area contributed by atoms with Gasteiger partial charge in [0.05, 0.1) is 24.9 Å². The first kappa shape index (κ1) is 12.9. The molecule has 90 valence electrons. The number of hydrogen-bond donors (Lipinski definition) is 1. The Kier molecular flexibility index (Phi) is 5.03. The number of rotatable bonds is 4. The van der Waals surface area contributed by atoms with Crippen LogP contribution in [-0.2, 0) is 9.47 Å². The topological polar surface area (TPSA) is 44.5 Å². The summed E-state index contributed by atoms with van der Waals surface area (Å²) in [5, 5.41) is 0. The molecule has 3 heteroatoms. The third-order valence-corrected chi connectivity index (χ3v) is 2.69. The first-order valence-electron chi connectivity index (χ1n) is 5.98. The Morgan fingerprint density at radius 3 is 2.20 bits per heavy atom. The third kappa shape index (κ3) is 6.13. The average molecular weight is 215 g/mol. The normalized spacial score (nSPS) is 28.0. The first-order chi connectivity index (χ1) is 6.97. The molecule has 0 radical (unpaired) electrons. The van der Waals surface area contributed by atoms with Crippen LogP contribution >= 0.6 is 0 Å². The predicted octanol–water partition coefficient (Wildman–Crippen LogP) is 2.09. The second kappa shape index (κ2) is 5.83. The van der Waals surface area contributed by atoms with Crippen molar-refractivity contribution in [3.05, 3.63) is 0 Å². The van der Waals surface area contributed by atoms with Crippen molar-refractivity contribution < 1.29 is 9.47 Å².